The molecule has 0 N–H and O–H groups in total. The van der Waals surface area contributed by atoms with Gasteiger partial charge in [0.25, 0.3) is 0 Å². The molecule has 0 fully saturated rings. The third-order valence-corrected chi connectivity index (χ3v) is 3.36. The van der Waals surface area contributed by atoms with E-state index in [4.69, 9.17) is 0 Å². The predicted molar refractivity (Wildman–Crippen MR) is 57.6 cm³/mol. The number of nitrogens with zero attached hydrogens (tertiary/aromatic N) is 2. The molecule has 2 nitrogen and oxygen atoms in total. The van der Waals surface area contributed by atoms with Crippen LogP contribution in [-0.2, 0) is 6.18 Å². The zero-order chi connectivity index (χ0) is 11.2. The second-order valence-corrected chi connectivity index (χ2v) is 4.12. The minimum atomic E-state index is -4.36. The lowest BCUT2D eigenvalue weighted by Gasteiger charge is -2.07. The van der Waals surface area contributed by atoms with Gasteiger partial charge in [-0.1, -0.05) is 0 Å². The lowest BCUT2D eigenvalue weighted by atomic mass is 10.2. The Hall–Kier alpha value is -0.790. The van der Waals surface area contributed by atoms with Crippen LogP contribution >= 0.6 is 22.6 Å². The molecule has 0 radical (unpaired) electrons. The minimum absolute atomic E-state index is 0.0353. The van der Waals surface area contributed by atoms with Gasteiger partial charge in [0.2, 0.25) is 0 Å². The van der Waals surface area contributed by atoms with Crippen molar-refractivity contribution in [2.75, 3.05) is 0 Å². The molecule has 0 saturated carbocycles. The van der Waals surface area contributed by atoms with Crippen molar-refractivity contribution in [1.29, 1.82) is 0 Å². The number of hydrogen-bond donors (Lipinski definition) is 0. The number of hydrogen-bond acceptors (Lipinski definition) is 1. The van der Waals surface area contributed by atoms with E-state index in [1.165, 1.54) is 10.5 Å². The molecule has 0 bridgehead atoms. The van der Waals surface area contributed by atoms with Crippen molar-refractivity contribution >= 4 is 28.2 Å². The van der Waals surface area contributed by atoms with Crippen molar-refractivity contribution in [3.8, 4) is 0 Å². The van der Waals surface area contributed by atoms with E-state index in [0.717, 1.165) is 6.07 Å². The first-order valence-corrected chi connectivity index (χ1v) is 5.19. The normalized spacial score (nSPS) is 12.3. The summed E-state index contributed by atoms with van der Waals surface area (Å²) in [6, 6.07) is 2.41. The second kappa shape index (κ2) is 3.36. The third kappa shape index (κ3) is 1.70. The van der Waals surface area contributed by atoms with E-state index in [2.05, 4.69) is 4.98 Å². The van der Waals surface area contributed by atoms with E-state index in [9.17, 15) is 13.2 Å². The van der Waals surface area contributed by atoms with Gasteiger partial charge in [0.1, 0.15) is 9.35 Å². The summed E-state index contributed by atoms with van der Waals surface area (Å²) in [5.41, 5.74) is -0.129. The molecule has 0 saturated heterocycles. The molecule has 0 aliphatic rings. The molecule has 0 atom stereocenters. The summed E-state index contributed by atoms with van der Waals surface area (Å²) in [4.78, 5) is 3.91. The van der Waals surface area contributed by atoms with E-state index in [0.29, 0.717) is 9.39 Å². The van der Waals surface area contributed by atoms with Crippen LogP contribution in [0.3, 0.4) is 0 Å². The predicted octanol–water partition coefficient (Wildman–Crippen LogP) is 3.27. The van der Waals surface area contributed by atoms with Crippen LogP contribution < -0.4 is 0 Å². The van der Waals surface area contributed by atoms with Gasteiger partial charge in [0.05, 0.1) is 11.3 Å². The lowest BCUT2D eigenvalue weighted by molar-refractivity contribution is -0.136. The minimum Gasteiger partial charge on any atom is -0.294 e. The smallest absolute Gasteiger partial charge is 0.294 e. The molecule has 6 heteroatoms. The van der Waals surface area contributed by atoms with Crippen molar-refractivity contribution in [2.45, 2.75) is 13.1 Å². The Morgan fingerprint density at radius 3 is 2.67 bits per heavy atom. The first-order chi connectivity index (χ1) is 6.91. The van der Waals surface area contributed by atoms with Gasteiger partial charge in [0.15, 0.2) is 0 Å². The van der Waals surface area contributed by atoms with Gasteiger partial charge in [0, 0.05) is 6.20 Å². The van der Waals surface area contributed by atoms with Gasteiger partial charge < -0.3 is 0 Å². The Balaban J connectivity index is 2.83. The summed E-state index contributed by atoms with van der Waals surface area (Å²) in [5, 5.41) is 0. The van der Waals surface area contributed by atoms with Crippen LogP contribution in [0.15, 0.2) is 18.3 Å². The first-order valence-electron chi connectivity index (χ1n) is 4.11. The summed E-state index contributed by atoms with van der Waals surface area (Å²) in [5.74, 6) is 0. The molecular formula is C9H6F3IN2. The lowest BCUT2D eigenvalue weighted by Crippen LogP contribution is -2.07. The van der Waals surface area contributed by atoms with Crippen molar-refractivity contribution in [3.05, 3.63) is 33.3 Å². The molecule has 2 heterocycles. The number of aryl methyl sites for hydroxylation is 1. The van der Waals surface area contributed by atoms with Crippen molar-refractivity contribution in [1.82, 2.24) is 9.38 Å². The van der Waals surface area contributed by atoms with E-state index >= 15 is 0 Å². The van der Waals surface area contributed by atoms with Crippen LogP contribution in [0.1, 0.15) is 11.3 Å². The molecule has 0 aromatic carbocycles. The summed E-state index contributed by atoms with van der Waals surface area (Å²) in [6.07, 6.45) is -2.78. The van der Waals surface area contributed by atoms with Crippen LogP contribution in [-0.4, -0.2) is 9.38 Å². The van der Waals surface area contributed by atoms with Gasteiger partial charge in [-0.15, -0.1) is 0 Å². The van der Waals surface area contributed by atoms with Crippen molar-refractivity contribution < 1.29 is 13.2 Å². The number of pyridine rings is 1. The van der Waals surface area contributed by atoms with Crippen molar-refractivity contribution in [3.63, 3.8) is 0 Å². The molecule has 0 unspecified atom stereocenters. The molecule has 0 aliphatic carbocycles. The fraction of sp³-hybridized carbons (Fsp3) is 0.222. The van der Waals surface area contributed by atoms with Gasteiger partial charge in [-0.2, -0.15) is 13.2 Å². The van der Waals surface area contributed by atoms with Crippen LogP contribution in [0.2, 0.25) is 0 Å². The van der Waals surface area contributed by atoms with E-state index < -0.39 is 11.7 Å². The molecular weight excluding hydrogens is 320 g/mol. The molecule has 2 aromatic heterocycles. The third-order valence-electron chi connectivity index (χ3n) is 2.06. The standard InChI is InChI=1S/C9H6F3IN2/c1-5-7(13)15-4-2-3-6(8(15)14-5)9(10,11)12/h2-4H,1H3. The highest BCUT2D eigenvalue weighted by atomic mass is 127. The molecule has 80 valence electrons. The second-order valence-electron chi connectivity index (χ2n) is 3.10. The van der Waals surface area contributed by atoms with Crippen LogP contribution in [0, 0.1) is 10.6 Å². The van der Waals surface area contributed by atoms with E-state index in [-0.39, 0.29) is 5.65 Å². The largest absolute Gasteiger partial charge is 0.419 e. The number of imidazole rings is 1. The Kier molecular flexibility index (Phi) is 2.40. The molecule has 2 rings (SSSR count). The van der Waals surface area contributed by atoms with Crippen molar-refractivity contribution in [2.24, 2.45) is 0 Å². The van der Waals surface area contributed by atoms with Crippen LogP contribution in [0.4, 0.5) is 13.2 Å². The monoisotopic (exact) mass is 326 g/mol. The van der Waals surface area contributed by atoms with E-state index in [1.807, 2.05) is 22.6 Å². The highest BCUT2D eigenvalue weighted by Gasteiger charge is 2.34. The van der Waals surface area contributed by atoms with Crippen LogP contribution in [0.5, 0.6) is 0 Å². The van der Waals surface area contributed by atoms with Gasteiger partial charge >= 0.3 is 6.18 Å². The number of aromatic nitrogens is 2. The fourth-order valence-corrected chi connectivity index (χ4v) is 1.88. The Bertz CT molecular complexity index is 516. The number of fused-ring (bicyclic) bond motifs is 1. The molecule has 15 heavy (non-hydrogen) atoms. The SMILES string of the molecule is Cc1nc2c(C(F)(F)F)cccn2c1I. The average molecular weight is 326 g/mol. The number of alkyl halides is 3. The quantitative estimate of drug-likeness (QED) is 0.679. The maximum Gasteiger partial charge on any atom is 0.419 e. The van der Waals surface area contributed by atoms with Crippen LogP contribution in [0.25, 0.3) is 5.65 Å². The topological polar surface area (TPSA) is 17.3 Å². The molecule has 0 aliphatic heterocycles. The zero-order valence-electron chi connectivity index (χ0n) is 7.64. The van der Waals surface area contributed by atoms with E-state index in [1.54, 1.807) is 13.1 Å². The highest BCUT2D eigenvalue weighted by molar-refractivity contribution is 14.1. The summed E-state index contributed by atoms with van der Waals surface area (Å²) in [6.45, 7) is 1.69. The summed E-state index contributed by atoms with van der Waals surface area (Å²) < 4.78 is 40.0. The zero-order valence-corrected chi connectivity index (χ0v) is 9.80. The highest BCUT2D eigenvalue weighted by Crippen LogP contribution is 2.32. The molecule has 0 amide bonds. The first kappa shape index (κ1) is 10.7. The average Bonchev–Trinajstić information content (AvgIpc) is 2.41. The number of halogens is 4. The Labute approximate surface area is 97.3 Å². The number of rotatable bonds is 0. The Morgan fingerprint density at radius 2 is 2.07 bits per heavy atom. The van der Waals surface area contributed by atoms with Gasteiger partial charge in [-0.25, -0.2) is 4.98 Å². The maximum absolute atomic E-state index is 12.6. The van der Waals surface area contributed by atoms with Gasteiger partial charge in [-0.3, -0.25) is 4.40 Å². The summed E-state index contributed by atoms with van der Waals surface area (Å²) >= 11 is 1.98. The molecule has 0 spiro atoms. The maximum atomic E-state index is 12.6. The molecule has 2 aromatic rings. The fourth-order valence-electron chi connectivity index (χ4n) is 1.37. The summed E-state index contributed by atoms with van der Waals surface area (Å²) in [7, 11) is 0. The Morgan fingerprint density at radius 1 is 1.40 bits per heavy atom. The van der Waals surface area contributed by atoms with Gasteiger partial charge in [-0.05, 0) is 41.6 Å².